The molecule has 0 aromatic heterocycles. The maximum absolute atomic E-state index is 12.8. The van der Waals surface area contributed by atoms with E-state index in [2.05, 4.69) is 6.07 Å². The second-order valence-corrected chi connectivity index (χ2v) is 6.66. The summed E-state index contributed by atoms with van der Waals surface area (Å²) in [5, 5.41) is 4.50. The number of carbonyl (C=O) groups is 1. The van der Waals surface area contributed by atoms with Gasteiger partial charge < -0.3 is 9.47 Å². The van der Waals surface area contributed by atoms with Crippen molar-refractivity contribution in [2.45, 2.75) is 6.29 Å². The van der Waals surface area contributed by atoms with Crippen LogP contribution in [0.25, 0.3) is 21.5 Å². The average molecular weight is 361 g/mol. The van der Waals surface area contributed by atoms with Crippen molar-refractivity contribution in [3.05, 3.63) is 88.9 Å². The monoisotopic (exact) mass is 360 g/mol. The largest absolute Gasteiger partial charge is 0.450 e. The first kappa shape index (κ1) is 15.2. The number of hydrogen-bond acceptors (Lipinski definition) is 3. The summed E-state index contributed by atoms with van der Waals surface area (Å²) in [6.45, 7) is 0. The quantitative estimate of drug-likeness (QED) is 0.330. The summed E-state index contributed by atoms with van der Waals surface area (Å²) in [4.78, 5) is 12.8. The van der Waals surface area contributed by atoms with Crippen LogP contribution in [0, 0.1) is 0 Å². The molecule has 0 saturated carbocycles. The standard InChI is InChI=1S/C22H13ClO3/c23-15-6-3-7-16(12-15)25-22-18-9-2-5-14-11-10-13-4-1-8-17(21(24)26-22)19(13)20(14)18/h1-12,22H. The molecule has 4 aromatic carbocycles. The molecule has 0 aliphatic carbocycles. The number of ether oxygens (including phenoxy) is 2. The summed E-state index contributed by atoms with van der Waals surface area (Å²) >= 11 is 6.05. The summed E-state index contributed by atoms with van der Waals surface area (Å²) in [7, 11) is 0. The molecule has 0 N–H and O–H groups in total. The van der Waals surface area contributed by atoms with E-state index in [1.54, 1.807) is 30.3 Å². The van der Waals surface area contributed by atoms with Crippen molar-refractivity contribution < 1.29 is 14.3 Å². The van der Waals surface area contributed by atoms with Gasteiger partial charge in [-0.2, -0.15) is 0 Å². The number of cyclic esters (lactones) is 1. The highest BCUT2D eigenvalue weighted by molar-refractivity contribution is 6.30. The minimum absolute atomic E-state index is 0.397. The van der Waals surface area contributed by atoms with Gasteiger partial charge in [0.2, 0.25) is 0 Å². The molecule has 1 atom stereocenters. The maximum Gasteiger partial charge on any atom is 0.342 e. The molecular weight excluding hydrogens is 348 g/mol. The highest BCUT2D eigenvalue weighted by Gasteiger charge is 2.28. The number of rotatable bonds is 2. The summed E-state index contributed by atoms with van der Waals surface area (Å²) in [6, 6.07) is 22.7. The van der Waals surface area contributed by atoms with E-state index < -0.39 is 12.3 Å². The highest BCUT2D eigenvalue weighted by Crippen LogP contribution is 2.39. The van der Waals surface area contributed by atoms with E-state index in [1.165, 1.54) is 0 Å². The van der Waals surface area contributed by atoms with Gasteiger partial charge >= 0.3 is 5.97 Å². The third-order valence-corrected chi connectivity index (χ3v) is 4.88. The van der Waals surface area contributed by atoms with Gasteiger partial charge in [-0.15, -0.1) is 0 Å². The van der Waals surface area contributed by atoms with Crippen molar-refractivity contribution in [2.24, 2.45) is 0 Å². The molecule has 0 spiro atoms. The molecule has 0 saturated heterocycles. The van der Waals surface area contributed by atoms with E-state index in [1.807, 2.05) is 36.4 Å². The zero-order chi connectivity index (χ0) is 17.7. The van der Waals surface area contributed by atoms with Gasteiger partial charge in [-0.3, -0.25) is 0 Å². The van der Waals surface area contributed by atoms with E-state index >= 15 is 0 Å². The van der Waals surface area contributed by atoms with Crippen molar-refractivity contribution in [3.63, 3.8) is 0 Å². The smallest absolute Gasteiger partial charge is 0.342 e. The number of hydrogen-bond donors (Lipinski definition) is 0. The van der Waals surface area contributed by atoms with Crippen LogP contribution in [-0.2, 0) is 4.74 Å². The van der Waals surface area contributed by atoms with Crippen molar-refractivity contribution in [1.82, 2.24) is 0 Å². The lowest BCUT2D eigenvalue weighted by atomic mass is 9.95. The van der Waals surface area contributed by atoms with Gasteiger partial charge in [0, 0.05) is 21.4 Å². The third-order valence-electron chi connectivity index (χ3n) is 4.65. The molecule has 0 radical (unpaired) electrons. The van der Waals surface area contributed by atoms with E-state index in [9.17, 15) is 4.79 Å². The highest BCUT2D eigenvalue weighted by atomic mass is 35.5. The van der Waals surface area contributed by atoms with Gasteiger partial charge in [-0.05, 0) is 35.0 Å². The topological polar surface area (TPSA) is 35.5 Å². The van der Waals surface area contributed by atoms with Crippen molar-refractivity contribution >= 4 is 39.1 Å². The Morgan fingerprint density at radius 2 is 1.58 bits per heavy atom. The predicted molar refractivity (Wildman–Crippen MR) is 102 cm³/mol. The zero-order valence-electron chi connectivity index (χ0n) is 13.6. The molecule has 0 fully saturated rings. The molecule has 4 heteroatoms. The fraction of sp³-hybridized carbons (Fsp3) is 0.0455. The Kier molecular flexibility index (Phi) is 3.37. The Bertz CT molecular complexity index is 1180. The number of benzene rings is 4. The molecule has 1 aliphatic heterocycles. The Morgan fingerprint density at radius 3 is 2.38 bits per heavy atom. The van der Waals surface area contributed by atoms with E-state index in [0.29, 0.717) is 16.3 Å². The Morgan fingerprint density at radius 1 is 0.846 bits per heavy atom. The molecular formula is C22H13ClO3. The van der Waals surface area contributed by atoms with Crippen molar-refractivity contribution in [3.8, 4) is 5.75 Å². The van der Waals surface area contributed by atoms with Crippen LogP contribution < -0.4 is 4.74 Å². The van der Waals surface area contributed by atoms with Crippen molar-refractivity contribution in [2.75, 3.05) is 0 Å². The van der Waals surface area contributed by atoms with E-state index in [-0.39, 0.29) is 0 Å². The second-order valence-electron chi connectivity index (χ2n) is 6.23. The molecule has 1 unspecified atom stereocenters. The number of halogens is 1. The third kappa shape index (κ3) is 2.32. The normalized spacial score (nSPS) is 15.9. The molecule has 126 valence electrons. The van der Waals surface area contributed by atoms with Gasteiger partial charge in [0.15, 0.2) is 0 Å². The molecule has 1 aliphatic rings. The second kappa shape index (κ2) is 5.75. The van der Waals surface area contributed by atoms with Gasteiger partial charge in [0.1, 0.15) is 5.75 Å². The van der Waals surface area contributed by atoms with E-state index in [0.717, 1.165) is 27.1 Å². The Balaban J connectivity index is 1.77. The van der Waals surface area contributed by atoms with Crippen LogP contribution >= 0.6 is 11.6 Å². The van der Waals surface area contributed by atoms with Gasteiger partial charge in [-0.25, -0.2) is 4.79 Å². The number of esters is 1. The van der Waals surface area contributed by atoms with E-state index in [4.69, 9.17) is 21.1 Å². The van der Waals surface area contributed by atoms with Crippen LogP contribution in [-0.4, -0.2) is 5.97 Å². The first-order valence-corrected chi connectivity index (χ1v) is 8.66. The lowest BCUT2D eigenvalue weighted by molar-refractivity contribution is -0.0491. The minimum Gasteiger partial charge on any atom is -0.450 e. The predicted octanol–water partition coefficient (Wildman–Crippen LogP) is 5.89. The first-order valence-electron chi connectivity index (χ1n) is 8.28. The zero-order valence-corrected chi connectivity index (χ0v) is 14.4. The summed E-state index contributed by atoms with van der Waals surface area (Å²) in [5.41, 5.74) is 1.38. The molecule has 26 heavy (non-hydrogen) atoms. The molecule has 0 bridgehead atoms. The molecule has 0 amide bonds. The van der Waals surface area contributed by atoms with Gasteiger partial charge in [0.25, 0.3) is 6.29 Å². The van der Waals surface area contributed by atoms with Crippen LogP contribution in [0.5, 0.6) is 5.75 Å². The van der Waals surface area contributed by atoms with Crippen LogP contribution in [0.1, 0.15) is 22.2 Å². The first-order chi connectivity index (χ1) is 12.7. The Labute approximate surface area is 154 Å². The summed E-state index contributed by atoms with van der Waals surface area (Å²) < 4.78 is 11.7. The molecule has 4 aromatic rings. The lowest BCUT2D eigenvalue weighted by Crippen LogP contribution is -2.15. The SMILES string of the molecule is O=C1OC(Oc2cccc(Cl)c2)c2cccc3ccc4cccc1c4c23. The van der Waals surface area contributed by atoms with Crippen LogP contribution in [0.2, 0.25) is 5.02 Å². The minimum atomic E-state index is -0.845. The van der Waals surface area contributed by atoms with Gasteiger partial charge in [-0.1, -0.05) is 60.1 Å². The summed E-state index contributed by atoms with van der Waals surface area (Å²) in [6.07, 6.45) is -0.845. The van der Waals surface area contributed by atoms with Crippen molar-refractivity contribution in [1.29, 1.82) is 0 Å². The Hall–Kier alpha value is -3.04. The average Bonchev–Trinajstić information content (AvgIpc) is 2.77. The molecule has 3 nitrogen and oxygen atoms in total. The fourth-order valence-corrected chi connectivity index (χ4v) is 3.71. The number of carbonyl (C=O) groups excluding carboxylic acids is 1. The summed E-state index contributed by atoms with van der Waals surface area (Å²) in [5.74, 6) is 0.150. The molecule has 5 rings (SSSR count). The van der Waals surface area contributed by atoms with Gasteiger partial charge in [0.05, 0.1) is 5.56 Å². The van der Waals surface area contributed by atoms with Crippen LogP contribution in [0.15, 0.2) is 72.8 Å². The lowest BCUT2D eigenvalue weighted by Gasteiger charge is -2.19. The van der Waals surface area contributed by atoms with Crippen LogP contribution in [0.3, 0.4) is 0 Å². The van der Waals surface area contributed by atoms with Crippen LogP contribution in [0.4, 0.5) is 0 Å². The molecule has 1 heterocycles. The fourth-order valence-electron chi connectivity index (χ4n) is 3.53. The maximum atomic E-state index is 12.8.